The van der Waals surface area contributed by atoms with Crippen molar-refractivity contribution in [3.8, 4) is 0 Å². The third kappa shape index (κ3) is 4.42. The second-order valence-corrected chi connectivity index (χ2v) is 5.83. The van der Waals surface area contributed by atoms with Crippen molar-refractivity contribution < 1.29 is 13.6 Å². The lowest BCUT2D eigenvalue weighted by molar-refractivity contribution is -0.115. The molecule has 0 unspecified atom stereocenters. The standard InChI is InChI=1S/C20H17F2N3O/c1-13-4-2-3-5-14(13)10-20(26)24-16-7-9-19(23-12-16)25-18-8-6-15(21)11-17(18)22/h2-9,11-12H,10H2,1H3,(H,23,25)(H,24,26). The molecule has 0 bridgehead atoms. The number of aryl methyl sites for hydroxylation is 1. The molecule has 1 amide bonds. The Morgan fingerprint density at radius 3 is 2.58 bits per heavy atom. The van der Waals surface area contributed by atoms with Gasteiger partial charge in [-0.1, -0.05) is 24.3 Å². The Morgan fingerprint density at radius 2 is 1.88 bits per heavy atom. The quantitative estimate of drug-likeness (QED) is 0.705. The average Bonchev–Trinajstić information content (AvgIpc) is 2.61. The topological polar surface area (TPSA) is 54.0 Å². The van der Waals surface area contributed by atoms with Gasteiger partial charge in [-0.15, -0.1) is 0 Å². The molecule has 1 heterocycles. The summed E-state index contributed by atoms with van der Waals surface area (Å²) in [6.07, 6.45) is 1.74. The molecule has 0 spiro atoms. The molecule has 0 aliphatic heterocycles. The lowest BCUT2D eigenvalue weighted by atomic mass is 10.1. The van der Waals surface area contributed by atoms with Gasteiger partial charge in [-0.3, -0.25) is 4.79 Å². The molecule has 0 radical (unpaired) electrons. The smallest absolute Gasteiger partial charge is 0.228 e. The van der Waals surface area contributed by atoms with Crippen molar-refractivity contribution in [2.24, 2.45) is 0 Å². The molecule has 6 heteroatoms. The van der Waals surface area contributed by atoms with Gasteiger partial charge in [0.25, 0.3) is 0 Å². The fourth-order valence-electron chi connectivity index (χ4n) is 2.46. The fourth-order valence-corrected chi connectivity index (χ4v) is 2.46. The molecule has 2 aromatic carbocycles. The predicted octanol–water partition coefficient (Wildman–Crippen LogP) is 4.59. The molecule has 26 heavy (non-hydrogen) atoms. The van der Waals surface area contributed by atoms with Crippen LogP contribution in [0.25, 0.3) is 0 Å². The molecule has 0 atom stereocenters. The number of benzene rings is 2. The Balaban J connectivity index is 1.62. The number of anilines is 3. The minimum Gasteiger partial charge on any atom is -0.338 e. The summed E-state index contributed by atoms with van der Waals surface area (Å²) in [6, 6.07) is 14.2. The zero-order valence-electron chi connectivity index (χ0n) is 14.1. The highest BCUT2D eigenvalue weighted by Crippen LogP contribution is 2.20. The van der Waals surface area contributed by atoms with Gasteiger partial charge in [0.1, 0.15) is 17.5 Å². The number of carbonyl (C=O) groups is 1. The Morgan fingerprint density at radius 1 is 1.08 bits per heavy atom. The highest BCUT2D eigenvalue weighted by molar-refractivity contribution is 5.92. The summed E-state index contributed by atoms with van der Waals surface area (Å²) in [5.41, 5.74) is 2.67. The number of hydrogen-bond donors (Lipinski definition) is 2. The Bertz CT molecular complexity index is 927. The zero-order chi connectivity index (χ0) is 18.5. The van der Waals surface area contributed by atoms with Gasteiger partial charge < -0.3 is 10.6 Å². The van der Waals surface area contributed by atoms with Crippen molar-refractivity contribution in [1.82, 2.24) is 4.98 Å². The molecule has 0 saturated carbocycles. The van der Waals surface area contributed by atoms with Crippen LogP contribution in [0.5, 0.6) is 0 Å². The predicted molar refractivity (Wildman–Crippen MR) is 97.4 cm³/mol. The van der Waals surface area contributed by atoms with E-state index in [0.717, 1.165) is 23.3 Å². The van der Waals surface area contributed by atoms with E-state index >= 15 is 0 Å². The maximum Gasteiger partial charge on any atom is 0.228 e. The van der Waals surface area contributed by atoms with E-state index in [-0.39, 0.29) is 18.0 Å². The number of nitrogens with zero attached hydrogens (tertiary/aromatic N) is 1. The third-order valence-electron chi connectivity index (χ3n) is 3.85. The fraction of sp³-hybridized carbons (Fsp3) is 0.100. The van der Waals surface area contributed by atoms with E-state index in [1.165, 1.54) is 12.3 Å². The third-order valence-corrected chi connectivity index (χ3v) is 3.85. The maximum absolute atomic E-state index is 13.6. The van der Waals surface area contributed by atoms with Crippen molar-refractivity contribution in [1.29, 1.82) is 0 Å². The Labute approximate surface area is 149 Å². The van der Waals surface area contributed by atoms with Crippen LogP contribution in [-0.4, -0.2) is 10.9 Å². The zero-order valence-corrected chi connectivity index (χ0v) is 14.1. The van der Waals surface area contributed by atoms with Gasteiger partial charge in [0.15, 0.2) is 0 Å². The van der Waals surface area contributed by atoms with Crippen LogP contribution < -0.4 is 10.6 Å². The van der Waals surface area contributed by atoms with Crippen molar-refractivity contribution in [2.75, 3.05) is 10.6 Å². The van der Waals surface area contributed by atoms with Crippen LogP contribution in [-0.2, 0) is 11.2 Å². The van der Waals surface area contributed by atoms with Crippen molar-refractivity contribution >= 4 is 23.1 Å². The number of aromatic nitrogens is 1. The molecule has 4 nitrogen and oxygen atoms in total. The molecule has 132 valence electrons. The second-order valence-electron chi connectivity index (χ2n) is 5.83. The molecular weight excluding hydrogens is 336 g/mol. The van der Waals surface area contributed by atoms with Gasteiger partial charge >= 0.3 is 0 Å². The molecule has 1 aromatic heterocycles. The van der Waals surface area contributed by atoms with Crippen LogP contribution in [0.1, 0.15) is 11.1 Å². The first-order valence-electron chi connectivity index (χ1n) is 8.04. The molecule has 0 aliphatic carbocycles. The van der Waals surface area contributed by atoms with Gasteiger partial charge in [-0.05, 0) is 42.3 Å². The highest BCUT2D eigenvalue weighted by Gasteiger charge is 2.08. The number of nitrogens with one attached hydrogen (secondary N) is 2. The average molecular weight is 353 g/mol. The Hall–Kier alpha value is -3.28. The summed E-state index contributed by atoms with van der Waals surface area (Å²) in [5.74, 6) is -1.12. The van der Waals surface area contributed by atoms with Crippen LogP contribution in [0.3, 0.4) is 0 Å². The molecule has 2 N–H and O–H groups in total. The molecule has 3 aromatic rings. The lowest BCUT2D eigenvalue weighted by Gasteiger charge is -2.09. The number of carbonyl (C=O) groups excluding carboxylic acids is 1. The molecule has 0 fully saturated rings. The van der Waals surface area contributed by atoms with Crippen LogP contribution in [0, 0.1) is 18.6 Å². The van der Waals surface area contributed by atoms with E-state index in [2.05, 4.69) is 15.6 Å². The molecule has 0 aliphatic rings. The normalized spacial score (nSPS) is 10.4. The number of pyridine rings is 1. The number of rotatable bonds is 5. The second kappa shape index (κ2) is 7.74. The minimum absolute atomic E-state index is 0.121. The number of hydrogen-bond acceptors (Lipinski definition) is 3. The van der Waals surface area contributed by atoms with E-state index in [1.54, 1.807) is 12.1 Å². The monoisotopic (exact) mass is 353 g/mol. The number of amides is 1. The Kier molecular flexibility index (Phi) is 5.22. The number of halogens is 2. The molecular formula is C20H17F2N3O. The summed E-state index contributed by atoms with van der Waals surface area (Å²) < 4.78 is 26.6. The van der Waals surface area contributed by atoms with Gasteiger partial charge in [-0.25, -0.2) is 13.8 Å². The van der Waals surface area contributed by atoms with Crippen LogP contribution in [0.2, 0.25) is 0 Å². The first kappa shape index (κ1) is 17.5. The van der Waals surface area contributed by atoms with E-state index < -0.39 is 11.6 Å². The summed E-state index contributed by atoms with van der Waals surface area (Å²) >= 11 is 0. The summed E-state index contributed by atoms with van der Waals surface area (Å²) in [7, 11) is 0. The lowest BCUT2D eigenvalue weighted by Crippen LogP contribution is -2.15. The first-order chi connectivity index (χ1) is 12.5. The van der Waals surface area contributed by atoms with Crippen LogP contribution >= 0.6 is 0 Å². The van der Waals surface area contributed by atoms with Gasteiger partial charge in [0.05, 0.1) is 24.0 Å². The SMILES string of the molecule is Cc1ccccc1CC(=O)Nc1ccc(Nc2ccc(F)cc2F)nc1. The summed E-state index contributed by atoms with van der Waals surface area (Å²) in [5, 5.41) is 5.54. The summed E-state index contributed by atoms with van der Waals surface area (Å²) in [4.78, 5) is 16.3. The van der Waals surface area contributed by atoms with E-state index in [9.17, 15) is 13.6 Å². The maximum atomic E-state index is 13.6. The van der Waals surface area contributed by atoms with Crippen molar-refractivity contribution in [2.45, 2.75) is 13.3 Å². The van der Waals surface area contributed by atoms with Crippen LogP contribution in [0.15, 0.2) is 60.8 Å². The van der Waals surface area contributed by atoms with Crippen molar-refractivity contribution in [3.63, 3.8) is 0 Å². The van der Waals surface area contributed by atoms with Gasteiger partial charge in [0.2, 0.25) is 5.91 Å². The van der Waals surface area contributed by atoms with Crippen LogP contribution in [0.4, 0.5) is 26.0 Å². The van der Waals surface area contributed by atoms with Gasteiger partial charge in [0, 0.05) is 6.07 Å². The molecule has 0 saturated heterocycles. The van der Waals surface area contributed by atoms with E-state index in [0.29, 0.717) is 11.5 Å². The first-order valence-corrected chi connectivity index (χ1v) is 8.04. The highest BCUT2D eigenvalue weighted by atomic mass is 19.1. The van der Waals surface area contributed by atoms with Crippen molar-refractivity contribution in [3.05, 3.63) is 83.6 Å². The molecule has 3 rings (SSSR count). The largest absolute Gasteiger partial charge is 0.338 e. The van der Waals surface area contributed by atoms with E-state index in [4.69, 9.17) is 0 Å². The van der Waals surface area contributed by atoms with Gasteiger partial charge in [-0.2, -0.15) is 0 Å². The summed E-state index contributed by atoms with van der Waals surface area (Å²) in [6.45, 7) is 1.96. The van der Waals surface area contributed by atoms with E-state index in [1.807, 2.05) is 31.2 Å². The minimum atomic E-state index is -0.706.